The van der Waals surface area contributed by atoms with Crippen LogP contribution >= 0.6 is 0 Å². The Balaban J connectivity index is 3.82. The summed E-state index contributed by atoms with van der Waals surface area (Å²) >= 11 is 0. The van der Waals surface area contributed by atoms with Gasteiger partial charge in [0.05, 0.1) is 5.56 Å². The molecule has 0 aliphatic heterocycles. The van der Waals surface area contributed by atoms with Gasteiger partial charge in [0.2, 0.25) is 0 Å². The molecule has 0 atom stereocenters. The van der Waals surface area contributed by atoms with Crippen LogP contribution in [0.5, 0.6) is 0 Å². The van der Waals surface area contributed by atoms with Gasteiger partial charge in [-0.15, -0.1) is 0 Å². The highest BCUT2D eigenvalue weighted by atomic mass is 16.4. The number of aromatic nitrogens is 1. The fourth-order valence-electron chi connectivity index (χ4n) is 1.41. The Morgan fingerprint density at radius 1 is 1.38 bits per heavy atom. The number of carboxylic acid groups (broad SMARTS) is 1. The van der Waals surface area contributed by atoms with Crippen molar-refractivity contribution in [2.45, 2.75) is 13.3 Å². The summed E-state index contributed by atoms with van der Waals surface area (Å²) < 4.78 is 0. The molecule has 0 bridgehead atoms. The molecule has 1 aromatic heterocycles. The SMILES string of the molecule is CCc1c(C#N)c(C(=O)O)[nH]c(=O)c1C#N. The number of aromatic carboxylic acids is 1. The van der Waals surface area contributed by atoms with Crippen molar-refractivity contribution >= 4 is 5.97 Å². The number of carbonyl (C=O) groups is 1. The standard InChI is InChI=1S/C10H7N3O3/c1-2-5-6(3-11)8(10(15)16)13-9(14)7(5)4-12/h2H2,1H3,(H,13,14)(H,15,16). The number of H-pyrrole nitrogens is 1. The molecule has 6 nitrogen and oxygen atoms in total. The smallest absolute Gasteiger partial charge is 0.353 e. The summed E-state index contributed by atoms with van der Waals surface area (Å²) in [6, 6.07) is 3.36. The van der Waals surface area contributed by atoms with Gasteiger partial charge < -0.3 is 10.1 Å². The molecule has 0 aliphatic rings. The van der Waals surface area contributed by atoms with Crippen LogP contribution in [0.2, 0.25) is 0 Å². The Hall–Kier alpha value is -2.60. The third-order valence-corrected chi connectivity index (χ3v) is 2.11. The largest absolute Gasteiger partial charge is 0.477 e. The number of pyridine rings is 1. The second-order valence-electron chi connectivity index (χ2n) is 2.94. The van der Waals surface area contributed by atoms with Gasteiger partial charge in [0.1, 0.15) is 23.4 Å². The summed E-state index contributed by atoms with van der Waals surface area (Å²) in [4.78, 5) is 24.2. The number of rotatable bonds is 2. The van der Waals surface area contributed by atoms with Crippen LogP contribution in [0.25, 0.3) is 0 Å². The average molecular weight is 217 g/mol. The molecule has 0 fully saturated rings. The van der Waals surface area contributed by atoms with Crippen molar-refractivity contribution in [2.24, 2.45) is 0 Å². The van der Waals surface area contributed by atoms with Crippen LogP contribution in [-0.2, 0) is 6.42 Å². The van der Waals surface area contributed by atoms with E-state index in [2.05, 4.69) is 0 Å². The maximum atomic E-state index is 11.4. The predicted octanol–water partition coefficient (Wildman–Crippen LogP) is 0.379. The number of nitrogens with zero attached hydrogens (tertiary/aromatic N) is 2. The van der Waals surface area contributed by atoms with Crippen molar-refractivity contribution < 1.29 is 9.90 Å². The van der Waals surface area contributed by atoms with Crippen LogP contribution in [0.4, 0.5) is 0 Å². The lowest BCUT2D eigenvalue weighted by atomic mass is 10.00. The van der Waals surface area contributed by atoms with Crippen molar-refractivity contribution in [3.05, 3.63) is 32.7 Å². The summed E-state index contributed by atoms with van der Waals surface area (Å²) in [5, 5.41) is 26.4. The molecule has 0 spiro atoms. The van der Waals surface area contributed by atoms with Gasteiger partial charge in [-0.3, -0.25) is 4.79 Å². The first-order chi connectivity index (χ1) is 7.56. The van der Waals surface area contributed by atoms with E-state index in [9.17, 15) is 9.59 Å². The Morgan fingerprint density at radius 2 is 1.94 bits per heavy atom. The molecular weight excluding hydrogens is 210 g/mol. The van der Waals surface area contributed by atoms with Crippen molar-refractivity contribution in [1.29, 1.82) is 10.5 Å². The average Bonchev–Trinajstić information content (AvgIpc) is 2.27. The van der Waals surface area contributed by atoms with Gasteiger partial charge in [-0.2, -0.15) is 10.5 Å². The van der Waals surface area contributed by atoms with Gasteiger partial charge in [-0.1, -0.05) is 6.92 Å². The van der Waals surface area contributed by atoms with Gasteiger partial charge in [-0.05, 0) is 12.0 Å². The molecule has 1 heterocycles. The molecule has 0 aromatic carbocycles. The first-order valence-corrected chi connectivity index (χ1v) is 4.39. The van der Waals surface area contributed by atoms with E-state index in [1.807, 2.05) is 4.98 Å². The number of hydrogen-bond acceptors (Lipinski definition) is 4. The van der Waals surface area contributed by atoms with E-state index >= 15 is 0 Å². The monoisotopic (exact) mass is 217 g/mol. The molecule has 0 unspecified atom stereocenters. The van der Waals surface area contributed by atoms with Gasteiger partial charge in [-0.25, -0.2) is 4.79 Å². The summed E-state index contributed by atoms with van der Waals surface area (Å²) in [7, 11) is 0. The lowest BCUT2D eigenvalue weighted by molar-refractivity contribution is 0.0689. The number of hydrogen-bond donors (Lipinski definition) is 2. The molecule has 16 heavy (non-hydrogen) atoms. The summed E-state index contributed by atoms with van der Waals surface area (Å²) in [5.41, 5.74) is -1.44. The summed E-state index contributed by atoms with van der Waals surface area (Å²) in [6.07, 6.45) is 0.246. The van der Waals surface area contributed by atoms with Crippen LogP contribution in [0.1, 0.15) is 34.1 Å². The highest BCUT2D eigenvalue weighted by molar-refractivity contribution is 5.89. The van der Waals surface area contributed by atoms with Gasteiger partial charge in [0, 0.05) is 0 Å². The van der Waals surface area contributed by atoms with Crippen LogP contribution in [0, 0.1) is 22.7 Å². The molecule has 0 saturated carbocycles. The molecule has 0 saturated heterocycles. The molecule has 1 rings (SSSR count). The Kier molecular flexibility index (Phi) is 3.07. The molecule has 80 valence electrons. The second kappa shape index (κ2) is 4.28. The molecule has 6 heteroatoms. The first kappa shape index (κ1) is 11.5. The van der Waals surface area contributed by atoms with E-state index in [1.54, 1.807) is 19.1 Å². The Morgan fingerprint density at radius 3 is 2.31 bits per heavy atom. The molecule has 1 aromatic rings. The number of nitriles is 2. The normalized spacial score (nSPS) is 9.19. The topological polar surface area (TPSA) is 118 Å². The summed E-state index contributed by atoms with van der Waals surface area (Å²) in [5.74, 6) is -1.40. The third kappa shape index (κ3) is 1.64. The second-order valence-corrected chi connectivity index (χ2v) is 2.94. The van der Waals surface area contributed by atoms with E-state index in [0.29, 0.717) is 0 Å². The minimum atomic E-state index is -1.40. The van der Waals surface area contributed by atoms with E-state index in [0.717, 1.165) is 0 Å². The fourth-order valence-corrected chi connectivity index (χ4v) is 1.41. The van der Waals surface area contributed by atoms with Crippen LogP contribution in [0.15, 0.2) is 4.79 Å². The van der Waals surface area contributed by atoms with Crippen LogP contribution in [0.3, 0.4) is 0 Å². The quantitative estimate of drug-likeness (QED) is 0.742. The van der Waals surface area contributed by atoms with Crippen LogP contribution < -0.4 is 5.56 Å². The lowest BCUT2D eigenvalue weighted by Gasteiger charge is -2.05. The summed E-state index contributed by atoms with van der Waals surface area (Å²) in [6.45, 7) is 1.64. The zero-order chi connectivity index (χ0) is 12.3. The number of aromatic amines is 1. The van der Waals surface area contributed by atoms with Gasteiger partial charge >= 0.3 is 5.97 Å². The van der Waals surface area contributed by atoms with E-state index < -0.39 is 17.2 Å². The Labute approximate surface area is 90.4 Å². The number of nitrogens with one attached hydrogen (secondary N) is 1. The zero-order valence-corrected chi connectivity index (χ0v) is 8.37. The maximum Gasteiger partial charge on any atom is 0.353 e. The minimum Gasteiger partial charge on any atom is -0.477 e. The molecular formula is C10H7N3O3. The molecule has 2 N–H and O–H groups in total. The maximum absolute atomic E-state index is 11.4. The highest BCUT2D eigenvalue weighted by Crippen LogP contribution is 2.14. The van der Waals surface area contributed by atoms with Crippen molar-refractivity contribution in [2.75, 3.05) is 0 Å². The van der Waals surface area contributed by atoms with Gasteiger partial charge in [0.15, 0.2) is 0 Å². The lowest BCUT2D eigenvalue weighted by Crippen LogP contribution is -2.21. The predicted molar refractivity (Wildman–Crippen MR) is 52.8 cm³/mol. The van der Waals surface area contributed by atoms with Crippen molar-refractivity contribution in [1.82, 2.24) is 4.98 Å². The van der Waals surface area contributed by atoms with Gasteiger partial charge in [0.25, 0.3) is 5.56 Å². The van der Waals surface area contributed by atoms with Crippen LogP contribution in [-0.4, -0.2) is 16.1 Å². The molecule has 0 radical (unpaired) electrons. The number of carboxylic acids is 1. The fraction of sp³-hybridized carbons (Fsp3) is 0.200. The molecule has 0 aliphatic carbocycles. The molecule has 0 amide bonds. The third-order valence-electron chi connectivity index (χ3n) is 2.11. The first-order valence-electron chi connectivity index (χ1n) is 4.39. The Bertz CT molecular complexity index is 587. The minimum absolute atomic E-state index is 0.161. The van der Waals surface area contributed by atoms with Crippen molar-refractivity contribution in [3.63, 3.8) is 0 Å². The van der Waals surface area contributed by atoms with E-state index in [1.165, 1.54) is 0 Å². The van der Waals surface area contributed by atoms with E-state index in [4.69, 9.17) is 15.6 Å². The van der Waals surface area contributed by atoms with E-state index in [-0.39, 0.29) is 23.1 Å². The highest BCUT2D eigenvalue weighted by Gasteiger charge is 2.19. The van der Waals surface area contributed by atoms with Crippen molar-refractivity contribution in [3.8, 4) is 12.1 Å². The zero-order valence-electron chi connectivity index (χ0n) is 8.37.